The standard InChI is InChI=1S/C18H22ClNO5/c1-16(2)17(3)6-7-18(16,25-15(17)22)14(21)20-11-8-10(19)12(23-4)9-13(11)24-5/h8-9H,6-7H2,1-5H3,(H,20,21)/t17-,18+/m1/s1. The van der Waals surface area contributed by atoms with Crippen LogP contribution in [0.4, 0.5) is 5.69 Å². The molecule has 1 aliphatic carbocycles. The van der Waals surface area contributed by atoms with Crippen LogP contribution < -0.4 is 14.8 Å². The number of hydrogen-bond acceptors (Lipinski definition) is 5. The third-order valence-electron chi connectivity index (χ3n) is 6.17. The molecule has 0 aromatic heterocycles. The maximum atomic E-state index is 13.1. The quantitative estimate of drug-likeness (QED) is 0.825. The maximum absolute atomic E-state index is 13.1. The molecular formula is C18H22ClNO5. The van der Waals surface area contributed by atoms with E-state index in [0.717, 1.165) is 0 Å². The van der Waals surface area contributed by atoms with Gasteiger partial charge in [-0.2, -0.15) is 0 Å². The topological polar surface area (TPSA) is 73.9 Å². The number of anilines is 1. The molecule has 6 nitrogen and oxygen atoms in total. The molecule has 2 bridgehead atoms. The monoisotopic (exact) mass is 367 g/mol. The molecule has 1 aromatic rings. The number of methoxy groups -OCH3 is 2. The molecule has 1 saturated heterocycles. The molecule has 1 amide bonds. The molecule has 7 heteroatoms. The molecule has 1 aromatic carbocycles. The summed E-state index contributed by atoms with van der Waals surface area (Å²) < 4.78 is 16.1. The van der Waals surface area contributed by atoms with Crippen LogP contribution in [0.1, 0.15) is 33.6 Å². The second kappa shape index (κ2) is 5.53. The summed E-state index contributed by atoms with van der Waals surface area (Å²) in [7, 11) is 2.99. The Labute approximate surface area is 151 Å². The van der Waals surface area contributed by atoms with Crippen molar-refractivity contribution in [3.05, 3.63) is 17.2 Å². The third kappa shape index (κ3) is 2.16. The van der Waals surface area contributed by atoms with Gasteiger partial charge in [0, 0.05) is 11.5 Å². The minimum atomic E-state index is -1.20. The minimum absolute atomic E-state index is 0.321. The third-order valence-corrected chi connectivity index (χ3v) is 6.47. The number of carbonyl (C=O) groups is 2. The van der Waals surface area contributed by atoms with Crippen molar-refractivity contribution in [3.63, 3.8) is 0 Å². The van der Waals surface area contributed by atoms with Crippen LogP contribution >= 0.6 is 11.6 Å². The molecule has 25 heavy (non-hydrogen) atoms. The van der Waals surface area contributed by atoms with E-state index in [-0.39, 0.29) is 11.9 Å². The lowest BCUT2D eigenvalue weighted by Gasteiger charge is -2.35. The highest BCUT2D eigenvalue weighted by Crippen LogP contribution is 2.65. The van der Waals surface area contributed by atoms with E-state index in [1.54, 1.807) is 12.1 Å². The lowest BCUT2D eigenvalue weighted by Crippen LogP contribution is -2.50. The highest BCUT2D eigenvalue weighted by Gasteiger charge is 2.75. The number of carbonyl (C=O) groups excluding carboxylic acids is 2. The van der Waals surface area contributed by atoms with Gasteiger partial charge in [0.15, 0.2) is 5.60 Å². The van der Waals surface area contributed by atoms with E-state index in [4.69, 9.17) is 25.8 Å². The fourth-order valence-electron chi connectivity index (χ4n) is 3.93. The summed E-state index contributed by atoms with van der Waals surface area (Å²) >= 11 is 6.16. The average Bonchev–Trinajstić information content (AvgIpc) is 2.85. The molecule has 1 N–H and O–H groups in total. The zero-order valence-electron chi connectivity index (χ0n) is 15.0. The number of amides is 1. The van der Waals surface area contributed by atoms with Crippen molar-refractivity contribution >= 4 is 29.2 Å². The summed E-state index contributed by atoms with van der Waals surface area (Å²) in [5.74, 6) is 0.162. The summed E-state index contributed by atoms with van der Waals surface area (Å²) in [5, 5.41) is 3.17. The van der Waals surface area contributed by atoms with Crippen molar-refractivity contribution in [2.45, 2.75) is 39.2 Å². The highest BCUT2D eigenvalue weighted by atomic mass is 35.5. The fourth-order valence-corrected chi connectivity index (χ4v) is 4.17. The van der Waals surface area contributed by atoms with Crippen LogP contribution in [-0.4, -0.2) is 31.7 Å². The molecule has 2 atom stereocenters. The van der Waals surface area contributed by atoms with Gasteiger partial charge in [-0.15, -0.1) is 0 Å². The van der Waals surface area contributed by atoms with Gasteiger partial charge in [-0.25, -0.2) is 0 Å². The van der Waals surface area contributed by atoms with Gasteiger partial charge in [0.1, 0.15) is 11.5 Å². The number of benzene rings is 1. The smallest absolute Gasteiger partial charge is 0.313 e. The normalized spacial score (nSPS) is 29.3. The molecule has 2 aliphatic rings. The van der Waals surface area contributed by atoms with Gasteiger partial charge >= 0.3 is 5.97 Å². The zero-order valence-corrected chi connectivity index (χ0v) is 15.7. The Balaban J connectivity index is 1.96. The lowest BCUT2D eigenvalue weighted by molar-refractivity contribution is -0.165. The predicted molar refractivity (Wildman–Crippen MR) is 93.1 cm³/mol. The number of halogens is 1. The Kier molecular flexibility index (Phi) is 3.95. The molecule has 0 unspecified atom stereocenters. The summed E-state index contributed by atoms with van der Waals surface area (Å²) in [6, 6.07) is 3.16. The molecule has 1 heterocycles. The minimum Gasteiger partial charge on any atom is -0.495 e. The SMILES string of the molecule is COc1cc(OC)c(NC(=O)[C@]23CC[C@](C)(C(=O)O2)C3(C)C)cc1Cl. The second-order valence-electron chi connectivity index (χ2n) is 7.31. The van der Waals surface area contributed by atoms with E-state index in [0.29, 0.717) is 35.1 Å². The van der Waals surface area contributed by atoms with Crippen LogP contribution in [-0.2, 0) is 14.3 Å². The summed E-state index contributed by atoms with van der Waals surface area (Å²) in [5.41, 5.74) is -2.08. The first-order valence-electron chi connectivity index (χ1n) is 8.09. The van der Waals surface area contributed by atoms with Crippen LogP contribution in [0.5, 0.6) is 11.5 Å². The summed E-state index contributed by atoms with van der Waals surface area (Å²) in [6.07, 6.45) is 1.10. The highest BCUT2D eigenvalue weighted by molar-refractivity contribution is 6.32. The Morgan fingerprint density at radius 1 is 1.16 bits per heavy atom. The fraction of sp³-hybridized carbons (Fsp3) is 0.556. The summed E-state index contributed by atoms with van der Waals surface area (Å²) in [6.45, 7) is 5.67. The van der Waals surface area contributed by atoms with E-state index < -0.39 is 16.4 Å². The van der Waals surface area contributed by atoms with Gasteiger partial charge < -0.3 is 19.5 Å². The van der Waals surface area contributed by atoms with Gasteiger partial charge in [-0.05, 0) is 25.8 Å². The predicted octanol–water partition coefficient (Wildman–Crippen LogP) is 3.42. The Hall–Kier alpha value is -1.95. The molecule has 1 saturated carbocycles. The molecule has 3 rings (SSSR count). The van der Waals surface area contributed by atoms with Crippen molar-refractivity contribution in [1.29, 1.82) is 0 Å². The van der Waals surface area contributed by atoms with Gasteiger partial charge in [-0.1, -0.05) is 25.4 Å². The number of esters is 1. The van der Waals surface area contributed by atoms with Gasteiger partial charge in [-0.3, -0.25) is 9.59 Å². The van der Waals surface area contributed by atoms with Gasteiger partial charge in [0.05, 0.1) is 30.3 Å². The number of ether oxygens (including phenoxy) is 3. The van der Waals surface area contributed by atoms with Gasteiger partial charge in [0.2, 0.25) is 0 Å². The number of fused-ring (bicyclic) bond motifs is 2. The molecule has 2 fully saturated rings. The van der Waals surface area contributed by atoms with Gasteiger partial charge in [0.25, 0.3) is 5.91 Å². The largest absolute Gasteiger partial charge is 0.495 e. The first-order chi connectivity index (χ1) is 11.6. The Morgan fingerprint density at radius 2 is 1.80 bits per heavy atom. The molecule has 1 aliphatic heterocycles. The number of nitrogens with one attached hydrogen (secondary N) is 1. The van der Waals surface area contributed by atoms with E-state index in [2.05, 4.69) is 5.32 Å². The zero-order chi connectivity index (χ0) is 18.6. The second-order valence-corrected chi connectivity index (χ2v) is 7.72. The summed E-state index contributed by atoms with van der Waals surface area (Å²) in [4.78, 5) is 25.4. The molecule has 0 spiro atoms. The van der Waals surface area contributed by atoms with Crippen molar-refractivity contribution in [1.82, 2.24) is 0 Å². The van der Waals surface area contributed by atoms with Crippen molar-refractivity contribution < 1.29 is 23.8 Å². The van der Waals surface area contributed by atoms with Crippen LogP contribution in [0.25, 0.3) is 0 Å². The molecule has 0 radical (unpaired) electrons. The van der Waals surface area contributed by atoms with E-state index >= 15 is 0 Å². The molecular weight excluding hydrogens is 346 g/mol. The van der Waals surface area contributed by atoms with Crippen LogP contribution in [0.15, 0.2) is 12.1 Å². The van der Waals surface area contributed by atoms with E-state index in [9.17, 15) is 9.59 Å². The average molecular weight is 368 g/mol. The van der Waals surface area contributed by atoms with Crippen molar-refractivity contribution in [2.75, 3.05) is 19.5 Å². The Morgan fingerprint density at radius 3 is 2.28 bits per heavy atom. The number of rotatable bonds is 4. The first-order valence-corrected chi connectivity index (χ1v) is 8.47. The first kappa shape index (κ1) is 17.9. The lowest BCUT2D eigenvalue weighted by atomic mass is 9.66. The van der Waals surface area contributed by atoms with E-state index in [1.165, 1.54) is 14.2 Å². The van der Waals surface area contributed by atoms with Crippen LogP contribution in [0.3, 0.4) is 0 Å². The van der Waals surface area contributed by atoms with E-state index in [1.807, 2.05) is 20.8 Å². The molecule has 136 valence electrons. The van der Waals surface area contributed by atoms with Crippen LogP contribution in [0, 0.1) is 10.8 Å². The van der Waals surface area contributed by atoms with Crippen molar-refractivity contribution in [2.24, 2.45) is 10.8 Å². The number of hydrogen-bond donors (Lipinski definition) is 1. The van der Waals surface area contributed by atoms with Crippen LogP contribution in [0.2, 0.25) is 5.02 Å². The maximum Gasteiger partial charge on any atom is 0.313 e. The van der Waals surface area contributed by atoms with Crippen molar-refractivity contribution in [3.8, 4) is 11.5 Å². The Bertz CT molecular complexity index is 762.